The minimum atomic E-state index is -0.290. The Morgan fingerprint density at radius 3 is 2.80 bits per heavy atom. The Bertz CT molecular complexity index is 860. The molecular weight excluding hydrogens is 360 g/mol. The van der Waals surface area contributed by atoms with Crippen LogP contribution in [0.5, 0.6) is 0 Å². The zero-order valence-electron chi connectivity index (χ0n) is 13.9. The molecule has 130 valence electrons. The van der Waals surface area contributed by atoms with Gasteiger partial charge in [0.15, 0.2) is 0 Å². The summed E-state index contributed by atoms with van der Waals surface area (Å²) in [6, 6.07) is 9.55. The van der Waals surface area contributed by atoms with Crippen molar-refractivity contribution in [1.82, 2.24) is 9.47 Å². The highest BCUT2D eigenvalue weighted by Gasteiger charge is 2.34. The first-order valence-electron chi connectivity index (χ1n) is 7.69. The first-order chi connectivity index (χ1) is 12.0. The Hall–Kier alpha value is -2.02. The number of carbonyl (C=O) groups is 2. The number of thioether (sulfide) groups is 1. The molecule has 25 heavy (non-hydrogen) atoms. The van der Waals surface area contributed by atoms with Crippen molar-refractivity contribution in [3.63, 3.8) is 0 Å². The number of benzene rings is 1. The number of carbonyl (C=O) groups excluding carboxylic acids is 2. The number of ether oxygens (including phenoxy) is 1. The van der Waals surface area contributed by atoms with Gasteiger partial charge in [-0.2, -0.15) is 0 Å². The molecule has 1 aromatic carbocycles. The van der Waals surface area contributed by atoms with E-state index in [2.05, 4.69) is 0 Å². The van der Waals surface area contributed by atoms with Crippen LogP contribution in [-0.4, -0.2) is 40.9 Å². The highest BCUT2D eigenvalue weighted by molar-refractivity contribution is 8.18. The molecule has 2 aromatic rings. The maximum Gasteiger partial charge on any atom is 0.293 e. The summed E-state index contributed by atoms with van der Waals surface area (Å²) in [6.07, 6.45) is 3.62. The lowest BCUT2D eigenvalue weighted by Gasteiger charge is -2.11. The van der Waals surface area contributed by atoms with Crippen molar-refractivity contribution in [2.45, 2.75) is 6.92 Å². The highest BCUT2D eigenvalue weighted by Crippen LogP contribution is 2.32. The Balaban J connectivity index is 1.90. The van der Waals surface area contributed by atoms with Gasteiger partial charge in [0.1, 0.15) is 0 Å². The summed E-state index contributed by atoms with van der Waals surface area (Å²) < 4.78 is 6.87. The number of amides is 2. The molecule has 0 radical (unpaired) electrons. The fourth-order valence-electron chi connectivity index (χ4n) is 2.49. The first kappa shape index (κ1) is 17.8. The fraction of sp³-hybridized carbons (Fsp3) is 0.222. The lowest BCUT2D eigenvalue weighted by molar-refractivity contribution is -0.123. The Morgan fingerprint density at radius 2 is 2.08 bits per heavy atom. The second kappa shape index (κ2) is 7.47. The van der Waals surface area contributed by atoms with Crippen molar-refractivity contribution in [3.8, 4) is 5.69 Å². The summed E-state index contributed by atoms with van der Waals surface area (Å²) in [7, 11) is 1.54. The monoisotopic (exact) mass is 376 g/mol. The molecule has 0 unspecified atom stereocenters. The number of imide groups is 1. The molecule has 1 saturated heterocycles. The number of hydrogen-bond acceptors (Lipinski definition) is 4. The first-order valence-corrected chi connectivity index (χ1v) is 8.89. The minimum absolute atomic E-state index is 0.257. The van der Waals surface area contributed by atoms with Gasteiger partial charge in [0, 0.05) is 29.7 Å². The van der Waals surface area contributed by atoms with Gasteiger partial charge >= 0.3 is 0 Å². The Morgan fingerprint density at radius 1 is 1.28 bits per heavy atom. The predicted octanol–water partition coefficient (Wildman–Crippen LogP) is 4.12. The topological polar surface area (TPSA) is 51.5 Å². The smallest absolute Gasteiger partial charge is 0.293 e. The molecule has 5 nitrogen and oxygen atoms in total. The van der Waals surface area contributed by atoms with Crippen LogP contribution in [0.4, 0.5) is 4.79 Å². The number of nitrogens with zero attached hydrogens (tertiary/aromatic N) is 2. The van der Waals surface area contributed by atoms with Crippen molar-refractivity contribution in [1.29, 1.82) is 0 Å². The largest absolute Gasteiger partial charge is 0.383 e. The molecule has 1 aliphatic rings. The van der Waals surface area contributed by atoms with Crippen LogP contribution in [-0.2, 0) is 9.53 Å². The van der Waals surface area contributed by atoms with E-state index in [1.807, 2.05) is 48.0 Å². The highest BCUT2D eigenvalue weighted by atomic mass is 35.5. The van der Waals surface area contributed by atoms with Gasteiger partial charge in [0.05, 0.1) is 18.1 Å². The van der Waals surface area contributed by atoms with Crippen LogP contribution >= 0.6 is 23.4 Å². The lowest BCUT2D eigenvalue weighted by atomic mass is 10.2. The van der Waals surface area contributed by atoms with Crippen molar-refractivity contribution < 1.29 is 14.3 Å². The molecule has 0 atom stereocenters. The van der Waals surface area contributed by atoms with Crippen LogP contribution in [0, 0.1) is 6.92 Å². The lowest BCUT2D eigenvalue weighted by Crippen LogP contribution is -2.31. The van der Waals surface area contributed by atoms with Crippen LogP contribution in [0.1, 0.15) is 11.3 Å². The standard InChI is InChI=1S/C18H17ClN2O3S/c1-12-5-6-14(10-15(12)19)20-7-3-4-13(20)11-16-17(22)21(8-9-24-2)18(23)25-16/h3-7,10-11H,8-9H2,1-2H3/b16-11+. The minimum Gasteiger partial charge on any atom is -0.383 e. The molecule has 7 heteroatoms. The third-order valence-corrected chi connectivity index (χ3v) is 5.20. The molecule has 2 heterocycles. The number of hydrogen-bond donors (Lipinski definition) is 0. The predicted molar refractivity (Wildman–Crippen MR) is 100 cm³/mol. The molecule has 0 aliphatic carbocycles. The van der Waals surface area contributed by atoms with E-state index in [1.54, 1.807) is 6.08 Å². The maximum absolute atomic E-state index is 12.4. The van der Waals surface area contributed by atoms with Gasteiger partial charge in [-0.25, -0.2) is 0 Å². The number of aromatic nitrogens is 1. The second-order valence-electron chi connectivity index (χ2n) is 5.56. The van der Waals surface area contributed by atoms with E-state index in [4.69, 9.17) is 16.3 Å². The molecule has 2 amide bonds. The number of halogens is 1. The van der Waals surface area contributed by atoms with E-state index in [9.17, 15) is 9.59 Å². The summed E-state index contributed by atoms with van der Waals surface area (Å²) in [5.74, 6) is -0.290. The molecule has 1 aliphatic heterocycles. The molecule has 1 fully saturated rings. The molecule has 0 spiro atoms. The van der Waals surface area contributed by atoms with Crippen molar-refractivity contribution in [2.75, 3.05) is 20.3 Å². The maximum atomic E-state index is 12.4. The zero-order valence-corrected chi connectivity index (χ0v) is 15.4. The second-order valence-corrected chi connectivity index (χ2v) is 6.96. The van der Waals surface area contributed by atoms with Crippen LogP contribution in [0.25, 0.3) is 11.8 Å². The third kappa shape index (κ3) is 3.66. The summed E-state index contributed by atoms with van der Waals surface area (Å²) >= 11 is 7.16. The van der Waals surface area contributed by atoms with E-state index >= 15 is 0 Å². The van der Waals surface area contributed by atoms with Gasteiger partial charge in [-0.1, -0.05) is 17.7 Å². The molecular formula is C18H17ClN2O3S. The third-order valence-electron chi connectivity index (χ3n) is 3.89. The number of aryl methyl sites for hydroxylation is 1. The van der Waals surface area contributed by atoms with Crippen LogP contribution in [0.15, 0.2) is 41.4 Å². The van der Waals surface area contributed by atoms with Gasteiger partial charge in [0.2, 0.25) is 0 Å². The van der Waals surface area contributed by atoms with Crippen LogP contribution in [0.2, 0.25) is 5.02 Å². The van der Waals surface area contributed by atoms with Crippen molar-refractivity contribution in [3.05, 3.63) is 57.7 Å². The average Bonchev–Trinajstić information content (AvgIpc) is 3.14. The van der Waals surface area contributed by atoms with E-state index in [0.29, 0.717) is 16.5 Å². The summed E-state index contributed by atoms with van der Waals surface area (Å²) in [4.78, 5) is 26.0. The Labute approximate surface area is 155 Å². The van der Waals surface area contributed by atoms with E-state index < -0.39 is 0 Å². The Kier molecular flexibility index (Phi) is 5.32. The summed E-state index contributed by atoms with van der Waals surface area (Å²) in [5.41, 5.74) is 2.70. The van der Waals surface area contributed by atoms with Gasteiger partial charge in [-0.15, -0.1) is 0 Å². The number of rotatable bonds is 5. The van der Waals surface area contributed by atoms with Gasteiger partial charge in [0.25, 0.3) is 11.1 Å². The molecule has 3 rings (SSSR count). The SMILES string of the molecule is COCCN1C(=O)S/C(=C/c2cccn2-c2ccc(C)c(Cl)c2)C1=O. The molecule has 1 aromatic heterocycles. The molecule has 0 saturated carbocycles. The number of methoxy groups -OCH3 is 1. The van der Waals surface area contributed by atoms with Gasteiger partial charge in [-0.05, 0) is 54.6 Å². The van der Waals surface area contributed by atoms with Crippen LogP contribution < -0.4 is 0 Å². The van der Waals surface area contributed by atoms with Gasteiger partial charge < -0.3 is 9.30 Å². The van der Waals surface area contributed by atoms with Crippen molar-refractivity contribution in [2.24, 2.45) is 0 Å². The van der Waals surface area contributed by atoms with E-state index in [-0.39, 0.29) is 17.7 Å². The van der Waals surface area contributed by atoms with Crippen LogP contribution in [0.3, 0.4) is 0 Å². The molecule has 0 bridgehead atoms. The van der Waals surface area contributed by atoms with E-state index in [0.717, 1.165) is 28.7 Å². The summed E-state index contributed by atoms with van der Waals surface area (Å²) in [5, 5.41) is 0.404. The van der Waals surface area contributed by atoms with Gasteiger partial charge in [-0.3, -0.25) is 14.5 Å². The summed E-state index contributed by atoms with van der Waals surface area (Å²) in [6.45, 7) is 2.52. The fourth-order valence-corrected chi connectivity index (χ4v) is 3.51. The van der Waals surface area contributed by atoms with Crippen molar-refractivity contribution >= 4 is 40.6 Å². The average molecular weight is 377 g/mol. The quantitative estimate of drug-likeness (QED) is 0.736. The van der Waals surface area contributed by atoms with E-state index in [1.165, 1.54) is 12.0 Å². The molecule has 0 N–H and O–H groups in total. The zero-order chi connectivity index (χ0) is 18.0. The normalized spacial score (nSPS) is 16.3.